The van der Waals surface area contributed by atoms with Crippen molar-refractivity contribution in [1.29, 1.82) is 0 Å². The van der Waals surface area contributed by atoms with Gasteiger partial charge in [-0.1, -0.05) is 12.2 Å². The average molecular weight is 258 g/mol. The Labute approximate surface area is 108 Å². The van der Waals surface area contributed by atoms with Gasteiger partial charge in [-0.15, -0.1) is 0 Å². The molecule has 1 rings (SSSR count). The number of carbonyl (C=O) groups excluding carboxylic acids is 1. The summed E-state index contributed by atoms with van der Waals surface area (Å²) in [6.07, 6.45) is 7.23. The second-order valence-corrected chi connectivity index (χ2v) is 4.88. The lowest BCUT2D eigenvalue weighted by atomic mass is 9.92. The SMILES string of the molecule is COC(=O)CCC/C=C\C[C@@H]1[C@@H](CO)CC[C@H]1F. The lowest BCUT2D eigenvalue weighted by molar-refractivity contribution is -0.140. The molecule has 0 spiro atoms. The van der Waals surface area contributed by atoms with Gasteiger partial charge < -0.3 is 9.84 Å². The van der Waals surface area contributed by atoms with E-state index in [4.69, 9.17) is 5.11 Å². The zero-order chi connectivity index (χ0) is 13.4. The highest BCUT2D eigenvalue weighted by atomic mass is 19.1. The summed E-state index contributed by atoms with van der Waals surface area (Å²) < 4.78 is 18.1. The summed E-state index contributed by atoms with van der Waals surface area (Å²) in [5, 5.41) is 9.14. The molecule has 0 radical (unpaired) electrons. The maximum Gasteiger partial charge on any atom is 0.305 e. The van der Waals surface area contributed by atoms with Crippen LogP contribution in [0.3, 0.4) is 0 Å². The molecule has 0 heterocycles. The van der Waals surface area contributed by atoms with Crippen LogP contribution < -0.4 is 0 Å². The van der Waals surface area contributed by atoms with Crippen molar-refractivity contribution in [3.8, 4) is 0 Å². The zero-order valence-corrected chi connectivity index (χ0v) is 11.0. The van der Waals surface area contributed by atoms with Crippen LogP contribution >= 0.6 is 0 Å². The molecule has 0 saturated heterocycles. The number of hydrogen-bond acceptors (Lipinski definition) is 3. The molecule has 104 valence electrons. The molecule has 0 aliphatic heterocycles. The first kappa shape index (κ1) is 15.2. The van der Waals surface area contributed by atoms with Crippen LogP contribution in [-0.4, -0.2) is 31.0 Å². The number of rotatable bonds is 7. The van der Waals surface area contributed by atoms with Gasteiger partial charge in [-0.25, -0.2) is 4.39 Å². The summed E-state index contributed by atoms with van der Waals surface area (Å²) in [5.41, 5.74) is 0. The molecule has 3 nitrogen and oxygen atoms in total. The van der Waals surface area contributed by atoms with Crippen molar-refractivity contribution in [2.45, 2.75) is 44.7 Å². The second-order valence-electron chi connectivity index (χ2n) is 4.88. The van der Waals surface area contributed by atoms with Crippen LogP contribution in [0.5, 0.6) is 0 Å². The summed E-state index contributed by atoms with van der Waals surface area (Å²) in [4.78, 5) is 10.9. The van der Waals surface area contributed by atoms with Gasteiger partial charge >= 0.3 is 5.97 Å². The first-order valence-electron chi connectivity index (χ1n) is 6.65. The van der Waals surface area contributed by atoms with E-state index in [1.807, 2.05) is 12.2 Å². The number of alkyl halides is 1. The molecule has 0 unspecified atom stereocenters. The summed E-state index contributed by atoms with van der Waals surface area (Å²) >= 11 is 0. The van der Waals surface area contributed by atoms with Gasteiger partial charge in [0.25, 0.3) is 0 Å². The maximum absolute atomic E-state index is 13.5. The number of allylic oxidation sites excluding steroid dienone is 2. The van der Waals surface area contributed by atoms with Crippen molar-refractivity contribution in [2.75, 3.05) is 13.7 Å². The molecule has 0 amide bonds. The zero-order valence-electron chi connectivity index (χ0n) is 11.0. The standard InChI is InChI=1S/C14H23FO3/c1-18-14(17)7-5-3-2-4-6-12-11(10-16)8-9-13(12)15/h2,4,11-13,16H,3,5-10H2,1H3/b4-2-/t11-,12-,13-/m1/s1. The van der Waals surface area contributed by atoms with Crippen molar-refractivity contribution < 1.29 is 19.0 Å². The third-order valence-electron chi connectivity index (χ3n) is 3.67. The van der Waals surface area contributed by atoms with E-state index < -0.39 is 6.17 Å². The largest absolute Gasteiger partial charge is 0.469 e. The first-order chi connectivity index (χ1) is 8.69. The minimum Gasteiger partial charge on any atom is -0.469 e. The average Bonchev–Trinajstić information content (AvgIpc) is 2.74. The summed E-state index contributed by atoms with van der Waals surface area (Å²) in [5.74, 6) is -0.116. The van der Waals surface area contributed by atoms with Crippen LogP contribution in [0.25, 0.3) is 0 Å². The molecule has 0 aromatic heterocycles. The molecule has 1 fully saturated rings. The van der Waals surface area contributed by atoms with Crippen molar-refractivity contribution in [3.63, 3.8) is 0 Å². The highest BCUT2D eigenvalue weighted by Crippen LogP contribution is 2.36. The number of aliphatic hydroxyl groups is 1. The fourth-order valence-electron chi connectivity index (χ4n) is 2.50. The molecular formula is C14H23FO3. The number of carbonyl (C=O) groups is 1. The Hall–Kier alpha value is -0.900. The number of methoxy groups -OCH3 is 1. The van der Waals surface area contributed by atoms with Crippen molar-refractivity contribution >= 4 is 5.97 Å². The van der Waals surface area contributed by atoms with Gasteiger partial charge in [0.15, 0.2) is 0 Å². The van der Waals surface area contributed by atoms with Crippen LogP contribution in [0.15, 0.2) is 12.2 Å². The minimum atomic E-state index is -0.776. The highest BCUT2D eigenvalue weighted by Gasteiger charge is 2.34. The molecule has 0 bridgehead atoms. The van der Waals surface area contributed by atoms with E-state index in [0.717, 1.165) is 19.3 Å². The first-order valence-corrected chi connectivity index (χ1v) is 6.65. The normalized spacial score (nSPS) is 27.8. The lowest BCUT2D eigenvalue weighted by Gasteiger charge is -2.16. The van der Waals surface area contributed by atoms with Gasteiger partial charge in [0, 0.05) is 13.0 Å². The fraction of sp³-hybridized carbons (Fsp3) is 0.786. The Bertz CT molecular complexity index is 278. The molecule has 1 aliphatic carbocycles. The fourth-order valence-corrected chi connectivity index (χ4v) is 2.50. The van der Waals surface area contributed by atoms with Gasteiger partial charge in [0.05, 0.1) is 7.11 Å². The third-order valence-corrected chi connectivity index (χ3v) is 3.67. The number of hydrogen-bond donors (Lipinski definition) is 1. The Morgan fingerprint density at radius 3 is 2.89 bits per heavy atom. The second kappa shape index (κ2) is 8.25. The van der Waals surface area contributed by atoms with E-state index in [1.54, 1.807) is 0 Å². The number of aliphatic hydroxyl groups excluding tert-OH is 1. The number of halogens is 1. The van der Waals surface area contributed by atoms with Crippen molar-refractivity contribution in [1.82, 2.24) is 0 Å². The summed E-state index contributed by atoms with van der Waals surface area (Å²) in [6.45, 7) is 0.0846. The maximum atomic E-state index is 13.5. The molecule has 1 aliphatic rings. The van der Waals surface area contributed by atoms with E-state index in [-0.39, 0.29) is 24.4 Å². The van der Waals surface area contributed by atoms with E-state index in [9.17, 15) is 9.18 Å². The van der Waals surface area contributed by atoms with Gasteiger partial charge in [-0.05, 0) is 43.9 Å². The predicted molar refractivity (Wildman–Crippen MR) is 67.8 cm³/mol. The molecule has 1 saturated carbocycles. The van der Waals surface area contributed by atoms with Gasteiger partial charge in [0.1, 0.15) is 6.17 Å². The minimum absolute atomic E-state index is 0.0353. The highest BCUT2D eigenvalue weighted by molar-refractivity contribution is 5.68. The number of esters is 1. The molecular weight excluding hydrogens is 235 g/mol. The Morgan fingerprint density at radius 2 is 2.22 bits per heavy atom. The van der Waals surface area contributed by atoms with Crippen LogP contribution in [0.1, 0.15) is 38.5 Å². The van der Waals surface area contributed by atoms with Gasteiger partial charge in [0.2, 0.25) is 0 Å². The summed E-state index contributed by atoms with van der Waals surface area (Å²) in [7, 11) is 1.38. The van der Waals surface area contributed by atoms with Crippen LogP contribution in [0.2, 0.25) is 0 Å². The number of ether oxygens (including phenoxy) is 1. The summed E-state index contributed by atoms with van der Waals surface area (Å²) in [6, 6.07) is 0. The molecule has 0 aromatic rings. The number of unbranched alkanes of at least 4 members (excludes halogenated alkanes) is 1. The molecule has 4 heteroatoms. The molecule has 1 N–H and O–H groups in total. The topological polar surface area (TPSA) is 46.5 Å². The van der Waals surface area contributed by atoms with E-state index in [0.29, 0.717) is 19.3 Å². The molecule has 18 heavy (non-hydrogen) atoms. The van der Waals surface area contributed by atoms with E-state index in [1.165, 1.54) is 7.11 Å². The smallest absolute Gasteiger partial charge is 0.305 e. The Morgan fingerprint density at radius 1 is 1.44 bits per heavy atom. The van der Waals surface area contributed by atoms with E-state index >= 15 is 0 Å². The van der Waals surface area contributed by atoms with Crippen LogP contribution in [0, 0.1) is 11.8 Å². The van der Waals surface area contributed by atoms with Crippen molar-refractivity contribution in [3.05, 3.63) is 12.2 Å². The molecule has 3 atom stereocenters. The van der Waals surface area contributed by atoms with E-state index in [2.05, 4.69) is 4.74 Å². The third kappa shape index (κ3) is 4.77. The van der Waals surface area contributed by atoms with Crippen LogP contribution in [-0.2, 0) is 9.53 Å². The van der Waals surface area contributed by atoms with Crippen molar-refractivity contribution in [2.24, 2.45) is 11.8 Å². The monoisotopic (exact) mass is 258 g/mol. The van der Waals surface area contributed by atoms with Crippen LogP contribution in [0.4, 0.5) is 4.39 Å². The quantitative estimate of drug-likeness (QED) is 0.434. The predicted octanol–water partition coefficient (Wildman–Crippen LogP) is 2.63. The van der Waals surface area contributed by atoms with Gasteiger partial charge in [-0.3, -0.25) is 4.79 Å². The lowest BCUT2D eigenvalue weighted by Crippen LogP contribution is -2.17. The Balaban J connectivity index is 2.17. The van der Waals surface area contributed by atoms with Gasteiger partial charge in [-0.2, -0.15) is 0 Å². The molecule has 0 aromatic carbocycles. The Kier molecular flexibility index (Phi) is 6.94.